The number of hydrogen-bond acceptors (Lipinski definition) is 5. The van der Waals surface area contributed by atoms with Gasteiger partial charge in [-0.1, -0.05) is 20.8 Å². The smallest absolute Gasteiger partial charge is 0.310 e. The number of hydrogen-bond donors (Lipinski definition) is 1. The van der Waals surface area contributed by atoms with Crippen LogP contribution in [0.1, 0.15) is 27.7 Å². The van der Waals surface area contributed by atoms with E-state index in [1.807, 2.05) is 20.8 Å². The number of ether oxygens (including phenoxy) is 1. The Balaban J connectivity index is 3.08. The molecule has 0 saturated heterocycles. The van der Waals surface area contributed by atoms with Crippen LogP contribution in [-0.2, 0) is 9.53 Å². The number of anilines is 1. The van der Waals surface area contributed by atoms with Crippen LogP contribution in [0.5, 0.6) is 0 Å². The first-order valence-corrected chi connectivity index (χ1v) is 6.57. The number of nitrogens with zero attached hydrogens (tertiary/aromatic N) is 2. The molecule has 0 aromatic carbocycles. The summed E-state index contributed by atoms with van der Waals surface area (Å²) in [6.45, 7) is 7.52. The van der Waals surface area contributed by atoms with Crippen LogP contribution in [0, 0.1) is 17.2 Å². The van der Waals surface area contributed by atoms with Gasteiger partial charge in [-0.05, 0) is 23.9 Å². The van der Waals surface area contributed by atoms with Gasteiger partial charge in [-0.15, -0.1) is 0 Å². The average Bonchev–Trinajstić information content (AvgIpc) is 2.36. The number of carbonyl (C=O) groups excluding carboxylic acids is 1. The fourth-order valence-electron chi connectivity index (χ4n) is 2.01. The standard InChI is InChI=1S/C13H19ClFN3O2/c1-7(11(19)20-5)9(13(2,3)4)17-10-8(15)6-16-12(14)18-10/h6-7,9H,1-5H3,(H,16,17,18)/t7-,9?/m1/s1. The van der Waals surface area contributed by atoms with E-state index in [1.165, 1.54) is 7.11 Å². The lowest BCUT2D eigenvalue weighted by atomic mass is 9.79. The normalized spacial score (nSPS) is 14.6. The molecule has 20 heavy (non-hydrogen) atoms. The topological polar surface area (TPSA) is 64.1 Å². The molecule has 0 aliphatic rings. The molecular formula is C13H19ClFN3O2. The number of halogens is 2. The maximum atomic E-state index is 13.7. The zero-order valence-electron chi connectivity index (χ0n) is 12.2. The molecule has 0 bridgehead atoms. The Morgan fingerprint density at radius 1 is 1.50 bits per heavy atom. The van der Waals surface area contributed by atoms with Crippen LogP contribution in [0.2, 0.25) is 5.28 Å². The molecule has 0 saturated carbocycles. The number of carbonyl (C=O) groups is 1. The largest absolute Gasteiger partial charge is 0.469 e. The minimum atomic E-state index is -0.624. The van der Waals surface area contributed by atoms with E-state index in [4.69, 9.17) is 16.3 Å². The van der Waals surface area contributed by atoms with Crippen molar-refractivity contribution in [1.29, 1.82) is 0 Å². The zero-order chi connectivity index (χ0) is 15.5. The first kappa shape index (κ1) is 16.6. The van der Waals surface area contributed by atoms with Crippen LogP contribution in [0.4, 0.5) is 10.2 Å². The van der Waals surface area contributed by atoms with E-state index in [1.54, 1.807) is 6.92 Å². The van der Waals surface area contributed by atoms with Crippen molar-refractivity contribution in [2.75, 3.05) is 12.4 Å². The summed E-state index contributed by atoms with van der Waals surface area (Å²) in [7, 11) is 1.32. The monoisotopic (exact) mass is 303 g/mol. The number of nitrogens with one attached hydrogen (secondary N) is 1. The van der Waals surface area contributed by atoms with Crippen LogP contribution >= 0.6 is 11.6 Å². The molecule has 1 rings (SSSR count). The summed E-state index contributed by atoms with van der Waals surface area (Å²) in [5.41, 5.74) is -0.322. The van der Waals surface area contributed by atoms with E-state index in [2.05, 4.69) is 15.3 Å². The van der Waals surface area contributed by atoms with Crippen molar-refractivity contribution < 1.29 is 13.9 Å². The van der Waals surface area contributed by atoms with Crippen LogP contribution in [0.15, 0.2) is 6.20 Å². The number of aromatic nitrogens is 2. The van der Waals surface area contributed by atoms with E-state index in [9.17, 15) is 9.18 Å². The lowest BCUT2D eigenvalue weighted by molar-refractivity contribution is -0.146. The third kappa shape index (κ3) is 4.03. The molecule has 1 aromatic heterocycles. The molecule has 7 heteroatoms. The summed E-state index contributed by atoms with van der Waals surface area (Å²) in [6, 6.07) is -0.379. The first-order valence-electron chi connectivity index (χ1n) is 6.19. The van der Waals surface area contributed by atoms with Gasteiger partial charge in [0.1, 0.15) is 0 Å². The van der Waals surface area contributed by atoms with E-state index in [0.717, 1.165) is 6.20 Å². The Kier molecular flexibility index (Phi) is 5.28. The highest BCUT2D eigenvalue weighted by Gasteiger charge is 2.35. The fraction of sp³-hybridized carbons (Fsp3) is 0.615. The number of esters is 1. The number of methoxy groups -OCH3 is 1. The molecule has 1 heterocycles. The molecule has 5 nitrogen and oxygen atoms in total. The molecule has 0 fully saturated rings. The van der Waals surface area contributed by atoms with Gasteiger partial charge in [0.15, 0.2) is 11.6 Å². The molecule has 0 aliphatic carbocycles. The second kappa shape index (κ2) is 6.35. The Bertz CT molecular complexity index is 491. The lowest BCUT2D eigenvalue weighted by Crippen LogP contribution is -2.43. The van der Waals surface area contributed by atoms with E-state index in [0.29, 0.717) is 0 Å². The summed E-state index contributed by atoms with van der Waals surface area (Å²) in [5, 5.41) is 2.87. The average molecular weight is 304 g/mol. The molecule has 0 spiro atoms. The van der Waals surface area contributed by atoms with Gasteiger partial charge in [-0.25, -0.2) is 9.37 Å². The summed E-state index contributed by atoms with van der Waals surface area (Å²) >= 11 is 5.66. The highest BCUT2D eigenvalue weighted by atomic mass is 35.5. The van der Waals surface area contributed by atoms with Gasteiger partial charge in [0, 0.05) is 6.04 Å². The molecular weight excluding hydrogens is 285 g/mol. The van der Waals surface area contributed by atoms with Gasteiger partial charge in [0.05, 0.1) is 19.2 Å². The maximum Gasteiger partial charge on any atom is 0.310 e. The molecule has 1 N–H and O–H groups in total. The molecule has 0 amide bonds. The molecule has 2 atom stereocenters. The van der Waals surface area contributed by atoms with E-state index in [-0.39, 0.29) is 28.5 Å². The fourth-order valence-corrected chi connectivity index (χ4v) is 2.14. The predicted molar refractivity (Wildman–Crippen MR) is 75.0 cm³/mol. The van der Waals surface area contributed by atoms with Crippen molar-refractivity contribution in [3.63, 3.8) is 0 Å². The van der Waals surface area contributed by atoms with Crippen molar-refractivity contribution in [2.24, 2.45) is 11.3 Å². The first-order chi connectivity index (χ1) is 9.16. The van der Waals surface area contributed by atoms with Crippen molar-refractivity contribution >= 4 is 23.4 Å². The highest BCUT2D eigenvalue weighted by molar-refractivity contribution is 6.28. The van der Waals surface area contributed by atoms with Crippen LogP contribution in [-0.4, -0.2) is 29.1 Å². The zero-order valence-corrected chi connectivity index (χ0v) is 13.0. The predicted octanol–water partition coefficient (Wildman–Crippen LogP) is 2.90. The highest BCUT2D eigenvalue weighted by Crippen LogP contribution is 2.29. The Labute approximate surface area is 122 Å². The minimum absolute atomic E-state index is 0.0271. The van der Waals surface area contributed by atoms with Crippen molar-refractivity contribution in [2.45, 2.75) is 33.7 Å². The van der Waals surface area contributed by atoms with Crippen molar-refractivity contribution in [3.8, 4) is 0 Å². The quantitative estimate of drug-likeness (QED) is 0.684. The SMILES string of the molecule is COC(=O)[C@H](C)C(Nc1nc(Cl)ncc1F)C(C)(C)C. The summed E-state index contributed by atoms with van der Waals surface area (Å²) < 4.78 is 18.5. The van der Waals surface area contributed by atoms with E-state index < -0.39 is 11.7 Å². The van der Waals surface area contributed by atoms with Crippen molar-refractivity contribution in [1.82, 2.24) is 9.97 Å². The van der Waals surface area contributed by atoms with Gasteiger partial charge in [0.25, 0.3) is 0 Å². The summed E-state index contributed by atoms with van der Waals surface area (Å²) in [4.78, 5) is 19.1. The number of rotatable bonds is 4. The Hall–Kier alpha value is -1.43. The van der Waals surface area contributed by atoms with Crippen molar-refractivity contribution in [3.05, 3.63) is 17.3 Å². The Morgan fingerprint density at radius 2 is 2.10 bits per heavy atom. The van der Waals surface area contributed by atoms with Gasteiger partial charge >= 0.3 is 5.97 Å². The van der Waals surface area contributed by atoms with Gasteiger partial charge in [-0.2, -0.15) is 4.98 Å². The molecule has 0 aliphatic heterocycles. The molecule has 112 valence electrons. The minimum Gasteiger partial charge on any atom is -0.469 e. The lowest BCUT2D eigenvalue weighted by Gasteiger charge is -2.35. The molecule has 1 aromatic rings. The summed E-state index contributed by atoms with van der Waals surface area (Å²) in [6.07, 6.45) is 0.986. The van der Waals surface area contributed by atoms with E-state index >= 15 is 0 Å². The third-order valence-electron chi connectivity index (χ3n) is 3.01. The van der Waals surface area contributed by atoms with Gasteiger partial charge in [-0.3, -0.25) is 4.79 Å². The Morgan fingerprint density at radius 3 is 2.60 bits per heavy atom. The van der Waals surface area contributed by atoms with Gasteiger partial charge in [0.2, 0.25) is 5.28 Å². The van der Waals surface area contributed by atoms with Crippen LogP contribution < -0.4 is 5.32 Å². The third-order valence-corrected chi connectivity index (χ3v) is 3.20. The maximum absolute atomic E-state index is 13.7. The second-order valence-electron chi connectivity index (χ2n) is 5.64. The molecule has 1 unspecified atom stereocenters. The van der Waals surface area contributed by atoms with Gasteiger partial charge < -0.3 is 10.1 Å². The van der Waals surface area contributed by atoms with Crippen LogP contribution in [0.25, 0.3) is 0 Å². The molecule has 0 radical (unpaired) electrons. The van der Waals surface area contributed by atoms with Crippen LogP contribution in [0.3, 0.4) is 0 Å². The second-order valence-corrected chi connectivity index (χ2v) is 5.97. The summed E-state index contributed by atoms with van der Waals surface area (Å²) in [5.74, 6) is -1.51.